The van der Waals surface area contributed by atoms with E-state index in [1.54, 1.807) is 6.08 Å². The molecule has 145 heavy (non-hydrogen) atoms. The minimum atomic E-state index is 0.0894. The van der Waals surface area contributed by atoms with E-state index in [1.807, 2.05) is 31.2 Å². The van der Waals surface area contributed by atoms with Crippen molar-refractivity contribution in [3.63, 3.8) is 0 Å². The standard InChI is InChI=1S/C133H90N4O8/c1-8-9-25-97-79(7)138-130-100(97)29-20-36-116(130)136(112-32-15-10-23-76(112)4)95-55-46-84-65-106-110-72-111-107-66-85-47-56-96(62-90(85)70-124(107)142-128(111)74-127(110)141-123(106)69-89(84)61-95)137(113-33-16-11-24-77(113)5)117-57-48-86(129-103-28-14-19-39-120(103)145-133(117)129)58-78(6)81-42-51-92(52-43-81)135(115-35-22-31-102-99-27-13-18-38-119(99)144-132(102)115)94-54-45-83-64-105-109-71-108-104-63-82-44-53-93(59-87(82)67-121(104)139-125(108)73-126(109)140-122(105)68-88(83)60-94)134(91-49-40-80(41-50-91)75(2)3)114-34-21-30-101-98-26-12-17-37-118(98)143-131(101)114/h8-57,59-75,78H,1,58H2,2-7H3/b25-9-. The first-order valence-corrected chi connectivity index (χ1v) is 49.7. The minimum Gasteiger partial charge on any atom is -0.459 e. The van der Waals surface area contributed by atoms with E-state index < -0.39 is 0 Å². The number of rotatable bonds is 18. The highest BCUT2D eigenvalue weighted by molar-refractivity contribution is 6.23. The van der Waals surface area contributed by atoms with Gasteiger partial charge in [0.05, 0.1) is 22.7 Å². The van der Waals surface area contributed by atoms with Crippen LogP contribution < -0.4 is 19.6 Å². The predicted molar refractivity (Wildman–Crippen MR) is 602 cm³/mol. The summed E-state index contributed by atoms with van der Waals surface area (Å²) in [6.07, 6.45) is 6.56. The number of benzene rings is 21. The lowest BCUT2D eigenvalue weighted by Crippen LogP contribution is -2.12. The van der Waals surface area contributed by atoms with E-state index in [4.69, 9.17) is 35.3 Å². The Labute approximate surface area is 831 Å². The summed E-state index contributed by atoms with van der Waals surface area (Å²) >= 11 is 0. The molecule has 0 aliphatic heterocycles. The molecule has 0 radical (unpaired) electrons. The first kappa shape index (κ1) is 83.5. The van der Waals surface area contributed by atoms with Crippen LogP contribution in [0.2, 0.25) is 0 Å². The Kier molecular flexibility index (Phi) is 18.6. The third-order valence-corrected chi connectivity index (χ3v) is 30.3. The van der Waals surface area contributed by atoms with E-state index in [9.17, 15) is 0 Å². The van der Waals surface area contributed by atoms with Gasteiger partial charge in [0.25, 0.3) is 0 Å². The fourth-order valence-corrected chi connectivity index (χ4v) is 23.1. The Bertz CT molecular complexity index is 10600. The van der Waals surface area contributed by atoms with Gasteiger partial charge >= 0.3 is 0 Å². The van der Waals surface area contributed by atoms with E-state index in [2.05, 4.69) is 431 Å². The minimum absolute atomic E-state index is 0.0894. The number of anilines is 12. The van der Waals surface area contributed by atoms with E-state index in [0.29, 0.717) is 5.92 Å². The number of para-hydroxylation sites is 8. The highest BCUT2D eigenvalue weighted by Crippen LogP contribution is 2.54. The molecule has 0 amide bonds. The van der Waals surface area contributed by atoms with Crippen LogP contribution in [0.5, 0.6) is 0 Å². The summed E-state index contributed by atoms with van der Waals surface area (Å²) in [5.41, 5.74) is 30.9. The molecule has 690 valence electrons. The van der Waals surface area contributed by atoms with Crippen LogP contribution in [0.4, 0.5) is 68.2 Å². The first-order valence-electron chi connectivity index (χ1n) is 49.7. The Balaban J connectivity index is 0.476. The zero-order valence-electron chi connectivity index (χ0n) is 80.2. The van der Waals surface area contributed by atoms with Crippen LogP contribution >= 0.6 is 0 Å². The maximum absolute atomic E-state index is 7.22. The van der Waals surface area contributed by atoms with E-state index in [-0.39, 0.29) is 5.92 Å². The van der Waals surface area contributed by atoms with Gasteiger partial charge in [-0.05, 0) is 298 Å². The number of hydrogen-bond acceptors (Lipinski definition) is 12. The van der Waals surface area contributed by atoms with Gasteiger partial charge in [-0.2, -0.15) is 0 Å². The molecular weight excluding hydrogens is 1780 g/mol. The molecule has 0 N–H and O–H groups in total. The van der Waals surface area contributed by atoms with Gasteiger partial charge in [0, 0.05) is 144 Å². The van der Waals surface area contributed by atoms with Gasteiger partial charge in [-0.25, -0.2) is 0 Å². The lowest BCUT2D eigenvalue weighted by atomic mass is 9.91. The molecule has 0 aliphatic rings. The molecular formula is C133H90N4O8. The maximum atomic E-state index is 7.22. The number of hydrogen-bond donors (Lipinski definition) is 0. The van der Waals surface area contributed by atoms with Crippen molar-refractivity contribution in [2.75, 3.05) is 19.6 Å². The lowest BCUT2D eigenvalue weighted by Gasteiger charge is -2.28. The fourth-order valence-electron chi connectivity index (χ4n) is 23.1. The molecule has 29 aromatic rings. The number of allylic oxidation sites excluding steroid dienone is 2. The van der Waals surface area contributed by atoms with Crippen LogP contribution in [0, 0.1) is 20.8 Å². The molecule has 0 saturated carbocycles. The highest BCUT2D eigenvalue weighted by Gasteiger charge is 2.31. The largest absolute Gasteiger partial charge is 0.459 e. The quantitative estimate of drug-likeness (QED) is 0.0761. The molecule has 0 saturated heterocycles. The van der Waals surface area contributed by atoms with Gasteiger partial charge in [0.2, 0.25) is 0 Å². The van der Waals surface area contributed by atoms with Crippen molar-refractivity contribution in [2.45, 2.75) is 59.8 Å². The Hall–Kier alpha value is -18.5. The van der Waals surface area contributed by atoms with Crippen LogP contribution in [0.15, 0.2) is 436 Å². The summed E-state index contributed by atoms with van der Waals surface area (Å²) in [4.78, 5) is 9.33. The number of aryl methyl sites for hydroxylation is 3. The number of furan rings is 8. The SMILES string of the molecule is C=C/C=C\c1c(C)oc2c(N(c3ccc4cc5c(cc4c3)oc3cc4oc6cc7cc(N(c8ccccc8C)c8ccc(CC(C)c9ccc(N(c%10ccc%11cc%12c(cc%11c%10)oc%10cc%11oc%13cc%14cc(N(c%15ccc(C(C)C)cc%15)c%15cccc%16c%15oc%15ccccc%15%16)ccc%14cc%13c%11cc%10%12)c%10cccc%11c%10oc%10ccccc%10%11)cc9)c9c8oc8ccccc89)ccc7cc6c4cc35)c3ccccc3C)cccc12. The van der Waals surface area contributed by atoms with Crippen LogP contribution in [-0.4, -0.2) is 0 Å². The van der Waals surface area contributed by atoms with Crippen molar-refractivity contribution in [2.24, 2.45) is 0 Å². The summed E-state index contributed by atoms with van der Waals surface area (Å²) in [5, 5.41) is 24.3. The van der Waals surface area contributed by atoms with Crippen molar-refractivity contribution in [1.29, 1.82) is 0 Å². The second-order valence-electron chi connectivity index (χ2n) is 39.3. The normalized spacial score (nSPS) is 12.5. The molecule has 0 fully saturated rings. The second-order valence-corrected chi connectivity index (χ2v) is 39.3. The summed E-state index contributed by atoms with van der Waals surface area (Å²) in [6, 6.07) is 138. The topological polar surface area (TPSA) is 118 Å². The maximum Gasteiger partial charge on any atom is 0.159 e. The van der Waals surface area contributed by atoms with Crippen LogP contribution in [0.1, 0.15) is 71.7 Å². The summed E-state index contributed by atoms with van der Waals surface area (Å²) in [7, 11) is 0. The van der Waals surface area contributed by atoms with Gasteiger partial charge in [-0.1, -0.05) is 228 Å². The molecule has 0 bridgehead atoms. The van der Waals surface area contributed by atoms with Gasteiger partial charge in [-0.15, -0.1) is 0 Å². The Morgan fingerprint density at radius 1 is 0.241 bits per heavy atom. The monoisotopic (exact) mass is 1870 g/mol. The Morgan fingerprint density at radius 2 is 0.579 bits per heavy atom. The van der Waals surface area contributed by atoms with Gasteiger partial charge in [-0.3, -0.25) is 0 Å². The molecule has 12 heteroatoms. The van der Waals surface area contributed by atoms with Crippen molar-refractivity contribution in [1.82, 2.24) is 0 Å². The first-order chi connectivity index (χ1) is 71.2. The van der Waals surface area contributed by atoms with Crippen LogP contribution in [0.3, 0.4) is 0 Å². The number of nitrogens with zero attached hydrogens (tertiary/aromatic N) is 4. The van der Waals surface area contributed by atoms with E-state index in [1.165, 1.54) is 16.7 Å². The average molecular weight is 1870 g/mol. The van der Waals surface area contributed by atoms with Crippen molar-refractivity contribution >= 4 is 282 Å². The smallest absolute Gasteiger partial charge is 0.159 e. The van der Waals surface area contributed by atoms with Gasteiger partial charge in [0.1, 0.15) is 67.2 Å². The van der Waals surface area contributed by atoms with Crippen molar-refractivity contribution < 1.29 is 35.3 Å². The van der Waals surface area contributed by atoms with Crippen molar-refractivity contribution in [3.05, 3.63) is 440 Å². The zero-order chi connectivity index (χ0) is 96.4. The van der Waals surface area contributed by atoms with E-state index >= 15 is 0 Å². The highest BCUT2D eigenvalue weighted by atomic mass is 16.4. The molecule has 21 aromatic carbocycles. The summed E-state index contributed by atoms with van der Waals surface area (Å²) < 4.78 is 55.1. The summed E-state index contributed by atoms with van der Waals surface area (Å²) in [5.74, 6) is 1.34. The third kappa shape index (κ3) is 13.3. The van der Waals surface area contributed by atoms with Gasteiger partial charge < -0.3 is 54.9 Å². The van der Waals surface area contributed by atoms with E-state index in [0.717, 1.165) is 305 Å². The average Bonchev–Trinajstić information content (AvgIpc) is 1.59. The molecule has 1 atom stereocenters. The van der Waals surface area contributed by atoms with Crippen molar-refractivity contribution in [3.8, 4) is 0 Å². The predicted octanol–water partition coefficient (Wildman–Crippen LogP) is 39.8. The van der Waals surface area contributed by atoms with Gasteiger partial charge in [0.15, 0.2) is 22.3 Å². The fraction of sp³-hybridized carbons (Fsp3) is 0.0677. The molecule has 29 rings (SSSR count). The molecule has 0 aliphatic carbocycles. The molecule has 8 aromatic heterocycles. The van der Waals surface area contributed by atoms with Crippen LogP contribution in [-0.2, 0) is 6.42 Å². The second kappa shape index (κ2) is 32.3. The molecule has 12 nitrogen and oxygen atoms in total. The third-order valence-electron chi connectivity index (χ3n) is 30.3. The van der Waals surface area contributed by atoms with Crippen LogP contribution in [0.25, 0.3) is 214 Å². The Morgan fingerprint density at radius 3 is 1.01 bits per heavy atom. The molecule has 1 unspecified atom stereocenters. The zero-order valence-corrected chi connectivity index (χ0v) is 80.2. The molecule has 8 heterocycles. The lowest BCUT2D eigenvalue weighted by molar-refractivity contribution is 0.578. The number of fused-ring (bicyclic) bond motifs is 26. The molecule has 0 spiro atoms. The summed E-state index contributed by atoms with van der Waals surface area (Å²) in [6.45, 7) is 17.1.